The first kappa shape index (κ1) is 28.2. The van der Waals surface area contributed by atoms with E-state index < -0.39 is 5.60 Å². The number of carbonyl (C=O) groups is 2. The molecule has 4 rings (SSSR count). The number of anilines is 1. The number of aromatic amines is 1. The summed E-state index contributed by atoms with van der Waals surface area (Å²) in [6, 6.07) is 2.33. The van der Waals surface area contributed by atoms with E-state index in [1.165, 1.54) is 11.4 Å². The van der Waals surface area contributed by atoms with Gasteiger partial charge in [0.1, 0.15) is 5.60 Å². The average Bonchev–Trinajstić information content (AvgIpc) is 3.23. The summed E-state index contributed by atoms with van der Waals surface area (Å²) < 4.78 is 5.58. The number of nitrogens with one attached hydrogen (secondary N) is 2. The minimum Gasteiger partial charge on any atom is -0.444 e. The lowest BCUT2D eigenvalue weighted by Gasteiger charge is -2.44. The van der Waals surface area contributed by atoms with E-state index in [1.807, 2.05) is 57.9 Å². The van der Waals surface area contributed by atoms with Crippen LogP contribution in [0, 0.1) is 26.7 Å². The van der Waals surface area contributed by atoms with Crippen molar-refractivity contribution < 1.29 is 14.3 Å². The van der Waals surface area contributed by atoms with Gasteiger partial charge in [0, 0.05) is 48.9 Å². The average molecular weight is 543 g/mol. The lowest BCUT2D eigenvalue weighted by molar-refractivity contribution is 0.0170. The monoisotopic (exact) mass is 542 g/mol. The summed E-state index contributed by atoms with van der Waals surface area (Å²) in [7, 11) is 0. The fourth-order valence-corrected chi connectivity index (χ4v) is 6.93. The Hall–Kier alpha value is -2.81. The first-order valence-corrected chi connectivity index (χ1v) is 14.6. The summed E-state index contributed by atoms with van der Waals surface area (Å²) in [5, 5.41) is 6.07. The molecule has 8 nitrogen and oxygen atoms in total. The number of amides is 2. The van der Waals surface area contributed by atoms with Crippen LogP contribution < -0.4 is 15.8 Å². The lowest BCUT2D eigenvalue weighted by Crippen LogP contribution is -2.49. The molecule has 2 saturated heterocycles. The van der Waals surface area contributed by atoms with Crippen molar-refractivity contribution in [2.24, 2.45) is 5.92 Å². The van der Waals surface area contributed by atoms with E-state index >= 15 is 0 Å². The molecule has 4 heterocycles. The van der Waals surface area contributed by atoms with Crippen LogP contribution in [0.3, 0.4) is 0 Å². The Bertz CT molecular complexity index is 1220. The number of rotatable bonds is 5. The minimum absolute atomic E-state index is 0.149. The number of pyridine rings is 1. The van der Waals surface area contributed by atoms with Crippen LogP contribution in [0.5, 0.6) is 0 Å². The molecule has 2 amide bonds. The highest BCUT2D eigenvalue weighted by atomic mass is 32.1. The molecule has 38 heavy (non-hydrogen) atoms. The molecule has 0 radical (unpaired) electrons. The number of likely N-dealkylation sites (tertiary alicyclic amines) is 1. The molecule has 1 unspecified atom stereocenters. The van der Waals surface area contributed by atoms with E-state index in [2.05, 4.69) is 15.2 Å². The fourth-order valence-electron chi connectivity index (χ4n) is 5.77. The molecular weight excluding hydrogens is 500 g/mol. The van der Waals surface area contributed by atoms with Crippen molar-refractivity contribution in [3.8, 4) is 0 Å². The largest absolute Gasteiger partial charge is 0.444 e. The smallest absolute Gasteiger partial charge is 0.410 e. The second-order valence-corrected chi connectivity index (χ2v) is 12.6. The maximum Gasteiger partial charge on any atom is 0.410 e. The van der Waals surface area contributed by atoms with Crippen molar-refractivity contribution >= 4 is 28.3 Å². The number of piperidine rings is 2. The second-order valence-electron chi connectivity index (χ2n) is 11.8. The molecule has 0 saturated carbocycles. The lowest BCUT2D eigenvalue weighted by atomic mass is 9.83. The number of hydrogen-bond acceptors (Lipinski definition) is 6. The third-order valence-corrected chi connectivity index (χ3v) is 8.84. The maximum absolute atomic E-state index is 13.1. The number of H-pyrrole nitrogens is 1. The number of aryl methyl sites for hydroxylation is 2. The summed E-state index contributed by atoms with van der Waals surface area (Å²) in [6.45, 7) is 14.1. The molecule has 0 aliphatic carbocycles. The third kappa shape index (κ3) is 6.42. The Labute approximate surface area is 229 Å². The summed E-state index contributed by atoms with van der Waals surface area (Å²) in [5.74, 6) is 0.354. The molecule has 9 heteroatoms. The van der Waals surface area contributed by atoms with Gasteiger partial charge in [-0.15, -0.1) is 11.3 Å². The maximum atomic E-state index is 13.1. The normalized spacial score (nSPS) is 18.9. The van der Waals surface area contributed by atoms with Gasteiger partial charge in [-0.1, -0.05) is 0 Å². The number of hydrogen-bond donors (Lipinski definition) is 2. The van der Waals surface area contributed by atoms with Crippen molar-refractivity contribution in [1.82, 2.24) is 15.2 Å². The van der Waals surface area contributed by atoms with Gasteiger partial charge in [0.15, 0.2) is 0 Å². The van der Waals surface area contributed by atoms with Crippen LogP contribution in [-0.4, -0.2) is 53.2 Å². The van der Waals surface area contributed by atoms with Crippen molar-refractivity contribution in [2.75, 3.05) is 24.5 Å². The zero-order valence-corrected chi connectivity index (χ0v) is 24.4. The van der Waals surface area contributed by atoms with Crippen LogP contribution >= 0.6 is 11.3 Å². The number of ether oxygens (including phenoxy) is 1. The van der Waals surface area contributed by atoms with E-state index in [0.29, 0.717) is 23.1 Å². The first-order valence-electron chi connectivity index (χ1n) is 13.7. The number of aromatic nitrogens is 1. The standard InChI is InChI=1S/C29H42N4O4S/c1-18-15-19(2)31-26(35)22(18)16-30-25(34)23-17-38-27(20(23)3)33-12-8-7-9-24(33)21-10-13-32(14-11-21)28(36)37-29(4,5)6/h15,17,21,24H,7-14,16H2,1-6H3,(H,30,34)(H,31,35). The Balaban J connectivity index is 1.42. The highest BCUT2D eigenvalue weighted by Crippen LogP contribution is 2.39. The van der Waals surface area contributed by atoms with E-state index in [4.69, 9.17) is 4.74 Å². The van der Waals surface area contributed by atoms with Crippen LogP contribution in [-0.2, 0) is 11.3 Å². The summed E-state index contributed by atoms with van der Waals surface area (Å²) in [5.41, 5.74) is 3.32. The summed E-state index contributed by atoms with van der Waals surface area (Å²) >= 11 is 1.63. The van der Waals surface area contributed by atoms with Gasteiger partial charge < -0.3 is 24.8 Å². The van der Waals surface area contributed by atoms with E-state index in [1.54, 1.807) is 11.3 Å². The fraction of sp³-hybridized carbons (Fsp3) is 0.621. The minimum atomic E-state index is -0.483. The molecule has 208 valence electrons. The quantitative estimate of drug-likeness (QED) is 0.535. The molecule has 0 spiro atoms. The van der Waals surface area contributed by atoms with Gasteiger partial charge in [0.25, 0.3) is 11.5 Å². The van der Waals surface area contributed by atoms with E-state index in [-0.39, 0.29) is 24.1 Å². The van der Waals surface area contributed by atoms with Crippen LogP contribution in [0.4, 0.5) is 9.80 Å². The van der Waals surface area contributed by atoms with Gasteiger partial charge in [-0.25, -0.2) is 4.79 Å². The molecule has 2 aromatic rings. The van der Waals surface area contributed by atoms with Crippen LogP contribution in [0.25, 0.3) is 0 Å². The predicted octanol–water partition coefficient (Wildman–Crippen LogP) is 5.30. The summed E-state index contributed by atoms with van der Waals surface area (Å²) in [6.07, 6.45) is 5.18. The highest BCUT2D eigenvalue weighted by molar-refractivity contribution is 7.14. The zero-order chi connectivity index (χ0) is 27.6. The van der Waals surface area contributed by atoms with E-state index in [0.717, 1.165) is 62.1 Å². The molecule has 2 N–H and O–H groups in total. The van der Waals surface area contributed by atoms with Gasteiger partial charge in [-0.2, -0.15) is 0 Å². The molecular formula is C29H42N4O4S. The van der Waals surface area contributed by atoms with Gasteiger partial charge in [-0.05, 0) is 96.8 Å². The Kier molecular flexibility index (Phi) is 8.55. The van der Waals surface area contributed by atoms with Crippen LogP contribution in [0.15, 0.2) is 16.2 Å². The molecule has 2 fully saturated rings. The Morgan fingerprint density at radius 2 is 1.82 bits per heavy atom. The van der Waals surface area contributed by atoms with Crippen molar-refractivity contribution in [2.45, 2.75) is 91.8 Å². The molecule has 2 aliphatic heterocycles. The van der Waals surface area contributed by atoms with Crippen molar-refractivity contribution in [1.29, 1.82) is 0 Å². The number of thiophene rings is 1. The predicted molar refractivity (Wildman–Crippen MR) is 152 cm³/mol. The number of carbonyl (C=O) groups excluding carboxylic acids is 2. The Morgan fingerprint density at radius 3 is 2.47 bits per heavy atom. The van der Waals surface area contributed by atoms with Crippen LogP contribution in [0.1, 0.15) is 85.6 Å². The zero-order valence-electron chi connectivity index (χ0n) is 23.6. The second kappa shape index (κ2) is 11.5. The Morgan fingerprint density at radius 1 is 1.11 bits per heavy atom. The molecule has 2 aliphatic rings. The molecule has 0 aromatic carbocycles. The van der Waals surface area contributed by atoms with Gasteiger partial charge in [-0.3, -0.25) is 9.59 Å². The van der Waals surface area contributed by atoms with Gasteiger partial charge >= 0.3 is 6.09 Å². The van der Waals surface area contributed by atoms with Gasteiger partial charge in [0.2, 0.25) is 0 Å². The molecule has 2 aromatic heterocycles. The highest BCUT2D eigenvalue weighted by Gasteiger charge is 2.36. The topological polar surface area (TPSA) is 94.7 Å². The van der Waals surface area contributed by atoms with Crippen LogP contribution in [0.2, 0.25) is 0 Å². The molecule has 0 bridgehead atoms. The molecule has 1 atom stereocenters. The van der Waals surface area contributed by atoms with Gasteiger partial charge in [0.05, 0.1) is 10.6 Å². The van der Waals surface area contributed by atoms with Crippen molar-refractivity contribution in [3.63, 3.8) is 0 Å². The third-order valence-electron chi connectivity index (χ3n) is 7.72. The summed E-state index contributed by atoms with van der Waals surface area (Å²) in [4.78, 5) is 45.2. The number of nitrogens with zero attached hydrogens (tertiary/aromatic N) is 2. The SMILES string of the molecule is Cc1cc(C)c(CNC(=O)c2csc(N3CCCCC3C3CCN(C(=O)OC(C)(C)C)CC3)c2C)c(=O)[nH]1. The van der Waals surface area contributed by atoms with E-state index in [9.17, 15) is 14.4 Å². The van der Waals surface area contributed by atoms with Crippen molar-refractivity contribution in [3.05, 3.63) is 49.7 Å². The first-order chi connectivity index (χ1) is 17.9.